The molecule has 202 valence electrons. The van der Waals surface area contributed by atoms with Gasteiger partial charge in [0.15, 0.2) is 11.5 Å². The van der Waals surface area contributed by atoms with E-state index in [2.05, 4.69) is 15.5 Å². The van der Waals surface area contributed by atoms with Crippen LogP contribution in [0.25, 0.3) is 0 Å². The molecule has 9 nitrogen and oxygen atoms in total. The zero-order chi connectivity index (χ0) is 26.9. The van der Waals surface area contributed by atoms with Crippen LogP contribution in [-0.4, -0.2) is 68.7 Å². The monoisotopic (exact) mass is 521 g/mol. The van der Waals surface area contributed by atoms with E-state index in [0.29, 0.717) is 41.1 Å². The van der Waals surface area contributed by atoms with Crippen molar-refractivity contribution < 1.29 is 29.2 Å². The van der Waals surface area contributed by atoms with Gasteiger partial charge in [0.25, 0.3) is 5.91 Å². The maximum atomic E-state index is 12.7. The normalized spacial score (nSPS) is 14.6. The number of amides is 1. The zero-order valence-electron chi connectivity index (χ0n) is 21.7. The molecule has 1 aliphatic rings. The van der Waals surface area contributed by atoms with Crippen LogP contribution in [0.2, 0.25) is 0 Å². The minimum atomic E-state index is -0.622. The number of nitrogens with one attached hydrogen (secondary N) is 2. The lowest BCUT2D eigenvalue weighted by Crippen LogP contribution is -2.45. The minimum absolute atomic E-state index is 0.180. The maximum Gasteiger partial charge on any atom is 0.255 e. The Morgan fingerprint density at radius 2 is 1.66 bits per heavy atom. The number of piperidine rings is 1. The molecule has 1 atom stereocenters. The first-order valence-corrected chi connectivity index (χ1v) is 12.7. The molecule has 3 aromatic carbocycles. The highest BCUT2D eigenvalue weighted by Crippen LogP contribution is 2.28. The number of phenolic OH excluding ortho intramolecular Hbond substituents is 1. The Morgan fingerprint density at radius 1 is 0.974 bits per heavy atom. The number of hydrogen-bond acceptors (Lipinski definition) is 8. The predicted octanol–water partition coefficient (Wildman–Crippen LogP) is 3.66. The van der Waals surface area contributed by atoms with Crippen LogP contribution in [0.1, 0.15) is 23.2 Å². The van der Waals surface area contributed by atoms with Crippen molar-refractivity contribution in [1.82, 2.24) is 5.32 Å². The topological polar surface area (TPSA) is 113 Å². The number of hydrogen-bond donors (Lipinski definition) is 4. The molecule has 4 N–H and O–H groups in total. The molecular formula is C29H35N3O6. The number of benzene rings is 3. The van der Waals surface area contributed by atoms with Crippen LogP contribution in [0.5, 0.6) is 23.0 Å². The van der Waals surface area contributed by atoms with Crippen molar-refractivity contribution in [2.24, 2.45) is 0 Å². The fraction of sp³-hybridized carbons (Fsp3) is 0.345. The van der Waals surface area contributed by atoms with E-state index in [0.717, 1.165) is 31.6 Å². The number of aliphatic hydroxyl groups excluding tert-OH is 1. The van der Waals surface area contributed by atoms with Crippen molar-refractivity contribution in [2.45, 2.75) is 25.0 Å². The van der Waals surface area contributed by atoms with Gasteiger partial charge in [-0.3, -0.25) is 4.79 Å². The van der Waals surface area contributed by atoms with Gasteiger partial charge in [0, 0.05) is 42.6 Å². The molecule has 0 unspecified atom stereocenters. The Balaban J connectivity index is 1.19. The van der Waals surface area contributed by atoms with E-state index in [4.69, 9.17) is 14.2 Å². The van der Waals surface area contributed by atoms with E-state index in [1.54, 1.807) is 49.6 Å². The first-order chi connectivity index (χ1) is 18.4. The number of nitrogens with zero attached hydrogens (tertiary/aromatic N) is 1. The van der Waals surface area contributed by atoms with E-state index >= 15 is 0 Å². The summed E-state index contributed by atoms with van der Waals surface area (Å²) in [7, 11) is 3.09. The molecule has 1 heterocycles. The predicted molar refractivity (Wildman–Crippen MR) is 147 cm³/mol. The summed E-state index contributed by atoms with van der Waals surface area (Å²) < 4.78 is 16.1. The smallest absolute Gasteiger partial charge is 0.255 e. The first-order valence-electron chi connectivity index (χ1n) is 12.7. The van der Waals surface area contributed by atoms with Crippen molar-refractivity contribution in [1.29, 1.82) is 0 Å². The summed E-state index contributed by atoms with van der Waals surface area (Å²) in [6.45, 7) is 2.44. The highest BCUT2D eigenvalue weighted by atomic mass is 16.5. The van der Waals surface area contributed by atoms with E-state index < -0.39 is 6.10 Å². The SMILES string of the molecule is COc1ccc(C(=O)Nc2ccc(N3CCC(NC[C@H](O)COc4ccc(O)cc4)CC3)cc2)cc1OC. The lowest BCUT2D eigenvalue weighted by atomic mass is 10.0. The van der Waals surface area contributed by atoms with Gasteiger partial charge in [-0.1, -0.05) is 0 Å². The molecule has 9 heteroatoms. The molecule has 4 rings (SSSR count). The summed E-state index contributed by atoms with van der Waals surface area (Å²) in [5, 5.41) is 25.9. The molecule has 0 spiro atoms. The molecule has 0 aliphatic carbocycles. The third kappa shape index (κ3) is 7.30. The molecule has 0 radical (unpaired) electrons. The number of anilines is 2. The first kappa shape index (κ1) is 27.1. The Kier molecular flexibility index (Phi) is 9.29. The van der Waals surface area contributed by atoms with E-state index in [1.807, 2.05) is 24.3 Å². The van der Waals surface area contributed by atoms with Gasteiger partial charge >= 0.3 is 0 Å². The van der Waals surface area contributed by atoms with E-state index in [1.165, 1.54) is 7.11 Å². The summed E-state index contributed by atoms with van der Waals surface area (Å²) in [4.78, 5) is 15.0. The Labute approximate surface area is 223 Å². The van der Waals surface area contributed by atoms with Gasteiger partial charge in [-0.05, 0) is 79.6 Å². The molecule has 0 bridgehead atoms. The summed E-state index contributed by atoms with van der Waals surface area (Å²) >= 11 is 0. The minimum Gasteiger partial charge on any atom is -0.508 e. The van der Waals surface area contributed by atoms with Crippen molar-refractivity contribution in [3.05, 3.63) is 72.3 Å². The molecule has 1 fully saturated rings. The average molecular weight is 522 g/mol. The number of aromatic hydroxyl groups is 1. The van der Waals surface area contributed by atoms with Gasteiger partial charge in [-0.25, -0.2) is 0 Å². The van der Waals surface area contributed by atoms with E-state index in [-0.39, 0.29) is 18.3 Å². The number of ether oxygens (including phenoxy) is 3. The number of aliphatic hydroxyl groups is 1. The Hall–Kier alpha value is -3.95. The van der Waals surface area contributed by atoms with Gasteiger partial charge in [0.05, 0.1) is 14.2 Å². The molecule has 1 amide bonds. The van der Waals surface area contributed by atoms with Gasteiger partial charge in [0.2, 0.25) is 0 Å². The molecule has 38 heavy (non-hydrogen) atoms. The third-order valence-electron chi connectivity index (χ3n) is 6.55. The number of rotatable bonds is 11. The van der Waals surface area contributed by atoms with Gasteiger partial charge in [-0.15, -0.1) is 0 Å². The largest absolute Gasteiger partial charge is 0.508 e. The van der Waals surface area contributed by atoms with Crippen LogP contribution < -0.4 is 29.7 Å². The molecular weight excluding hydrogens is 486 g/mol. The van der Waals surface area contributed by atoms with Crippen LogP contribution in [0.3, 0.4) is 0 Å². The summed E-state index contributed by atoms with van der Waals surface area (Å²) in [5.41, 5.74) is 2.31. The second kappa shape index (κ2) is 13.0. The zero-order valence-corrected chi connectivity index (χ0v) is 21.7. The van der Waals surface area contributed by atoms with Crippen molar-refractivity contribution in [3.63, 3.8) is 0 Å². The summed E-state index contributed by atoms with van der Waals surface area (Å²) in [6, 6.07) is 19.7. The third-order valence-corrected chi connectivity index (χ3v) is 6.55. The lowest BCUT2D eigenvalue weighted by Gasteiger charge is -2.34. The number of carbonyl (C=O) groups is 1. The number of methoxy groups -OCH3 is 2. The van der Waals surface area contributed by atoms with Crippen molar-refractivity contribution in [3.8, 4) is 23.0 Å². The Bertz CT molecular complexity index is 1180. The summed E-state index contributed by atoms with van der Waals surface area (Å²) in [5.74, 6) is 1.65. The fourth-order valence-corrected chi connectivity index (χ4v) is 4.37. The molecule has 0 aromatic heterocycles. The van der Waals surface area contributed by atoms with Crippen LogP contribution in [0.15, 0.2) is 66.7 Å². The number of phenols is 1. The highest BCUT2D eigenvalue weighted by molar-refractivity contribution is 6.04. The van der Waals surface area contributed by atoms with Gasteiger partial charge in [0.1, 0.15) is 24.2 Å². The standard InChI is InChI=1S/C29H35N3O6/c1-36-27-12-3-20(17-28(27)37-2)29(35)31-22-4-6-23(7-5-22)32-15-13-21(14-16-32)30-18-25(34)19-38-26-10-8-24(33)9-11-26/h3-12,17,21,25,30,33-34H,13-16,18-19H2,1-2H3,(H,31,35)/t25-/m0/s1. The molecule has 3 aromatic rings. The van der Waals surface area contributed by atoms with E-state index in [9.17, 15) is 15.0 Å². The second-order valence-corrected chi connectivity index (χ2v) is 9.20. The van der Waals surface area contributed by atoms with Crippen LogP contribution >= 0.6 is 0 Å². The van der Waals surface area contributed by atoms with Crippen LogP contribution in [-0.2, 0) is 0 Å². The van der Waals surface area contributed by atoms with Crippen molar-refractivity contribution >= 4 is 17.3 Å². The molecule has 0 saturated carbocycles. The van der Waals surface area contributed by atoms with Crippen LogP contribution in [0.4, 0.5) is 11.4 Å². The van der Waals surface area contributed by atoms with Gasteiger partial charge < -0.3 is 40.0 Å². The maximum absolute atomic E-state index is 12.7. The van der Waals surface area contributed by atoms with Gasteiger partial charge in [-0.2, -0.15) is 0 Å². The lowest BCUT2D eigenvalue weighted by molar-refractivity contribution is 0.102. The summed E-state index contributed by atoms with van der Waals surface area (Å²) in [6.07, 6.45) is 1.30. The molecule has 1 aliphatic heterocycles. The fourth-order valence-electron chi connectivity index (χ4n) is 4.37. The molecule has 1 saturated heterocycles. The van der Waals surface area contributed by atoms with Crippen molar-refractivity contribution in [2.75, 3.05) is 50.7 Å². The highest BCUT2D eigenvalue weighted by Gasteiger charge is 2.20. The quantitative estimate of drug-likeness (QED) is 0.303. The average Bonchev–Trinajstić information content (AvgIpc) is 2.96. The van der Waals surface area contributed by atoms with Crippen LogP contribution in [0, 0.1) is 0 Å². The Morgan fingerprint density at radius 3 is 2.32 bits per heavy atom. The second-order valence-electron chi connectivity index (χ2n) is 9.20. The number of carbonyl (C=O) groups excluding carboxylic acids is 1.